The lowest BCUT2D eigenvalue weighted by Crippen LogP contribution is -2.65. The predicted octanol–water partition coefficient (Wildman–Crippen LogP) is 0.627. The summed E-state index contributed by atoms with van der Waals surface area (Å²) in [5.74, 6) is 1.24. The van der Waals surface area contributed by atoms with Crippen molar-refractivity contribution in [2.45, 2.75) is 19.4 Å². The summed E-state index contributed by atoms with van der Waals surface area (Å²) in [4.78, 5) is 6.34. The zero-order chi connectivity index (χ0) is 10.3. The molecule has 0 atom stereocenters. The van der Waals surface area contributed by atoms with E-state index >= 15 is 0 Å². The van der Waals surface area contributed by atoms with Gasteiger partial charge in [-0.1, -0.05) is 13.8 Å². The molecule has 0 bridgehead atoms. The predicted molar refractivity (Wildman–Crippen MR) is 55.2 cm³/mol. The van der Waals surface area contributed by atoms with Gasteiger partial charge < -0.3 is 14.6 Å². The van der Waals surface area contributed by atoms with E-state index in [1.807, 2.05) is 17.8 Å². The number of aryl methyl sites for hydroxylation is 1. The number of anilines is 1. The average molecular weight is 195 g/mol. The third kappa shape index (κ3) is 1.30. The van der Waals surface area contributed by atoms with Crippen molar-refractivity contribution >= 4 is 5.95 Å². The number of hydrogen-bond donors (Lipinski definition) is 1. The summed E-state index contributed by atoms with van der Waals surface area (Å²) in [7, 11) is 1.97. The van der Waals surface area contributed by atoms with Gasteiger partial charge in [0.05, 0.1) is 13.1 Å². The van der Waals surface area contributed by atoms with E-state index in [9.17, 15) is 5.11 Å². The Morgan fingerprint density at radius 1 is 1.50 bits per heavy atom. The Labute approximate surface area is 84.2 Å². The first kappa shape index (κ1) is 9.52. The number of imidazole rings is 1. The molecular weight excluding hydrogens is 178 g/mol. The van der Waals surface area contributed by atoms with Crippen LogP contribution in [0.1, 0.15) is 13.8 Å². The van der Waals surface area contributed by atoms with Crippen LogP contribution in [0.5, 0.6) is 0 Å². The molecule has 0 amide bonds. The lowest BCUT2D eigenvalue weighted by molar-refractivity contribution is -0.0310. The fourth-order valence-electron chi connectivity index (χ4n) is 1.78. The van der Waals surface area contributed by atoms with Gasteiger partial charge in [0, 0.05) is 19.4 Å². The van der Waals surface area contributed by atoms with Crippen LogP contribution in [-0.4, -0.2) is 33.3 Å². The fraction of sp³-hybridized carbons (Fsp3) is 0.700. The van der Waals surface area contributed by atoms with Crippen LogP contribution in [0.3, 0.4) is 0 Å². The van der Waals surface area contributed by atoms with E-state index in [2.05, 4.69) is 23.7 Å². The summed E-state index contributed by atoms with van der Waals surface area (Å²) in [6.07, 6.45) is 3.70. The summed E-state index contributed by atoms with van der Waals surface area (Å²) in [5, 5.41) is 10.1. The van der Waals surface area contributed by atoms with Crippen LogP contribution in [-0.2, 0) is 7.05 Å². The molecule has 0 aliphatic carbocycles. The van der Waals surface area contributed by atoms with Gasteiger partial charge in [-0.2, -0.15) is 0 Å². The van der Waals surface area contributed by atoms with Crippen LogP contribution in [0.25, 0.3) is 0 Å². The van der Waals surface area contributed by atoms with Crippen LogP contribution < -0.4 is 4.90 Å². The minimum Gasteiger partial charge on any atom is -0.386 e. The number of β-amino-alcohol motifs (C(OH)–C–C–N with tert-alkyl or cyclic N) is 1. The first-order valence-corrected chi connectivity index (χ1v) is 4.97. The van der Waals surface area contributed by atoms with Crippen molar-refractivity contribution in [1.29, 1.82) is 0 Å². The highest BCUT2D eigenvalue weighted by molar-refractivity contribution is 5.38. The maximum absolute atomic E-state index is 10.1. The van der Waals surface area contributed by atoms with Gasteiger partial charge in [-0.3, -0.25) is 0 Å². The summed E-state index contributed by atoms with van der Waals surface area (Å²) in [5.41, 5.74) is -0.522. The maximum Gasteiger partial charge on any atom is 0.205 e. The van der Waals surface area contributed by atoms with Crippen molar-refractivity contribution in [2.24, 2.45) is 13.0 Å². The second kappa shape index (κ2) is 2.98. The summed E-state index contributed by atoms with van der Waals surface area (Å²) >= 11 is 0. The Morgan fingerprint density at radius 3 is 2.57 bits per heavy atom. The molecule has 2 heterocycles. The molecule has 78 valence electrons. The Hall–Kier alpha value is -1.03. The van der Waals surface area contributed by atoms with Gasteiger partial charge in [0.1, 0.15) is 5.60 Å². The van der Waals surface area contributed by atoms with Crippen molar-refractivity contribution in [2.75, 3.05) is 18.0 Å². The van der Waals surface area contributed by atoms with Crippen LogP contribution in [0, 0.1) is 5.92 Å². The molecule has 0 saturated carbocycles. The number of nitrogens with zero attached hydrogens (tertiary/aromatic N) is 3. The molecule has 2 rings (SSSR count). The normalized spacial score (nSPS) is 19.9. The second-order valence-electron chi connectivity index (χ2n) is 4.45. The van der Waals surface area contributed by atoms with Gasteiger partial charge in [-0.25, -0.2) is 4.98 Å². The molecule has 0 spiro atoms. The highest BCUT2D eigenvalue weighted by Gasteiger charge is 2.44. The molecule has 0 radical (unpaired) electrons. The zero-order valence-electron chi connectivity index (χ0n) is 8.94. The SMILES string of the molecule is CC(C)C1(O)CN(c2nccn2C)C1. The first-order valence-electron chi connectivity index (χ1n) is 4.97. The van der Waals surface area contributed by atoms with E-state index in [4.69, 9.17) is 0 Å². The third-order valence-corrected chi connectivity index (χ3v) is 3.08. The monoisotopic (exact) mass is 195 g/mol. The third-order valence-electron chi connectivity index (χ3n) is 3.08. The van der Waals surface area contributed by atoms with Crippen molar-refractivity contribution < 1.29 is 5.11 Å². The highest BCUT2D eigenvalue weighted by Crippen LogP contribution is 2.31. The molecule has 4 heteroatoms. The largest absolute Gasteiger partial charge is 0.386 e. The second-order valence-corrected chi connectivity index (χ2v) is 4.45. The molecule has 1 aliphatic heterocycles. The fourth-order valence-corrected chi connectivity index (χ4v) is 1.78. The van der Waals surface area contributed by atoms with E-state index in [1.54, 1.807) is 6.20 Å². The molecule has 0 aromatic carbocycles. The van der Waals surface area contributed by atoms with Crippen molar-refractivity contribution in [3.05, 3.63) is 12.4 Å². The standard InChI is InChI=1S/C10H17N3O/c1-8(2)10(14)6-13(7-10)9-11-4-5-12(9)3/h4-5,8,14H,6-7H2,1-3H3. The topological polar surface area (TPSA) is 41.3 Å². The van der Waals surface area contributed by atoms with E-state index < -0.39 is 5.60 Å². The van der Waals surface area contributed by atoms with Gasteiger partial charge >= 0.3 is 0 Å². The highest BCUT2D eigenvalue weighted by atomic mass is 16.3. The van der Waals surface area contributed by atoms with Crippen LogP contribution in [0.4, 0.5) is 5.95 Å². The van der Waals surface area contributed by atoms with E-state index in [0.29, 0.717) is 19.0 Å². The van der Waals surface area contributed by atoms with Gasteiger partial charge in [0.25, 0.3) is 0 Å². The average Bonchev–Trinajstić information content (AvgIpc) is 2.45. The molecule has 1 aromatic rings. The number of hydrogen-bond acceptors (Lipinski definition) is 3. The Bertz CT molecular complexity index is 326. The van der Waals surface area contributed by atoms with E-state index in [0.717, 1.165) is 5.95 Å². The summed E-state index contributed by atoms with van der Waals surface area (Å²) in [6.45, 7) is 5.48. The molecule has 14 heavy (non-hydrogen) atoms. The van der Waals surface area contributed by atoms with E-state index in [1.165, 1.54) is 0 Å². The lowest BCUT2D eigenvalue weighted by atomic mass is 9.83. The van der Waals surface area contributed by atoms with Gasteiger partial charge in [0.2, 0.25) is 5.95 Å². The molecular formula is C10H17N3O. The molecule has 4 nitrogen and oxygen atoms in total. The molecule has 1 aromatic heterocycles. The lowest BCUT2D eigenvalue weighted by Gasteiger charge is -2.49. The smallest absolute Gasteiger partial charge is 0.205 e. The van der Waals surface area contributed by atoms with Gasteiger partial charge in [0.15, 0.2) is 0 Å². The minimum absolute atomic E-state index is 0.305. The Balaban J connectivity index is 2.05. The van der Waals surface area contributed by atoms with Gasteiger partial charge in [-0.05, 0) is 5.92 Å². The first-order chi connectivity index (χ1) is 6.53. The Morgan fingerprint density at radius 2 is 2.14 bits per heavy atom. The van der Waals surface area contributed by atoms with Crippen LogP contribution in [0.2, 0.25) is 0 Å². The number of aliphatic hydroxyl groups is 1. The van der Waals surface area contributed by atoms with Gasteiger partial charge in [-0.15, -0.1) is 0 Å². The molecule has 1 fully saturated rings. The van der Waals surface area contributed by atoms with Crippen molar-refractivity contribution in [3.8, 4) is 0 Å². The summed E-state index contributed by atoms with van der Waals surface area (Å²) in [6, 6.07) is 0. The molecule has 1 N–H and O–H groups in total. The maximum atomic E-state index is 10.1. The number of rotatable bonds is 2. The van der Waals surface area contributed by atoms with Crippen LogP contribution >= 0.6 is 0 Å². The molecule has 1 saturated heterocycles. The molecule has 0 unspecified atom stereocenters. The summed E-state index contributed by atoms with van der Waals surface area (Å²) < 4.78 is 1.97. The zero-order valence-corrected chi connectivity index (χ0v) is 8.94. The quantitative estimate of drug-likeness (QED) is 0.752. The minimum atomic E-state index is -0.522. The van der Waals surface area contributed by atoms with Crippen LogP contribution in [0.15, 0.2) is 12.4 Å². The van der Waals surface area contributed by atoms with Crippen molar-refractivity contribution in [1.82, 2.24) is 9.55 Å². The Kier molecular flexibility index (Phi) is 2.03. The molecule has 1 aliphatic rings. The van der Waals surface area contributed by atoms with Crippen molar-refractivity contribution in [3.63, 3.8) is 0 Å². The van der Waals surface area contributed by atoms with E-state index in [-0.39, 0.29) is 0 Å². The number of aromatic nitrogens is 2.